The molecular weight excluding hydrogens is 282 g/mol. The summed E-state index contributed by atoms with van der Waals surface area (Å²) in [4.78, 5) is 11.0. The van der Waals surface area contributed by atoms with Crippen molar-refractivity contribution in [1.29, 1.82) is 0 Å². The summed E-state index contributed by atoms with van der Waals surface area (Å²) in [5.74, 6) is -1.08. The zero-order valence-electron chi connectivity index (χ0n) is 10.8. The maximum Gasteiger partial charge on any atom is 0.408 e. The van der Waals surface area contributed by atoms with Crippen molar-refractivity contribution in [2.24, 2.45) is 0 Å². The maximum atomic E-state index is 12.3. The monoisotopic (exact) mass is 294 g/mol. The predicted octanol–water partition coefficient (Wildman–Crippen LogP) is 3.24. The van der Waals surface area contributed by atoms with Crippen LogP contribution in [0.2, 0.25) is 0 Å². The van der Waals surface area contributed by atoms with E-state index in [0.717, 1.165) is 0 Å². The number of para-hydroxylation sites is 2. The first kappa shape index (κ1) is 14.8. The summed E-state index contributed by atoms with van der Waals surface area (Å²) in [5.41, 5.74) is 0. The quantitative estimate of drug-likeness (QED) is 0.606. The van der Waals surface area contributed by atoms with Gasteiger partial charge in [0.1, 0.15) is 11.5 Å². The van der Waals surface area contributed by atoms with E-state index in [0.29, 0.717) is 11.5 Å². The summed E-state index contributed by atoms with van der Waals surface area (Å²) < 4.78 is 39.5. The molecule has 0 unspecified atom stereocenters. The Morgan fingerprint density at radius 1 is 0.810 bits per heavy atom. The van der Waals surface area contributed by atoms with Crippen LogP contribution in [0.5, 0.6) is 11.5 Å². The number of carbonyl (C=O) groups is 1. The second-order valence-electron chi connectivity index (χ2n) is 3.89. The second-order valence-corrected chi connectivity index (χ2v) is 3.89. The Labute approximate surface area is 119 Å². The lowest BCUT2D eigenvalue weighted by atomic mass is 10.3. The normalized spacial score (nSPS) is 10.5. The molecule has 0 bridgehead atoms. The van der Waals surface area contributed by atoms with Crippen molar-refractivity contribution in [2.75, 3.05) is 0 Å². The molecule has 2 aromatic carbocycles. The van der Waals surface area contributed by atoms with Gasteiger partial charge in [0, 0.05) is 0 Å². The average Bonchev–Trinajstić information content (AvgIpc) is 2.49. The molecule has 0 heterocycles. The molecule has 110 valence electrons. The Balaban J connectivity index is 2.08. The summed E-state index contributed by atoms with van der Waals surface area (Å²) in [5, 5.41) is 0. The summed E-state index contributed by atoms with van der Waals surface area (Å²) in [6, 6.07) is 16.6. The lowest BCUT2D eigenvalue weighted by Crippen LogP contribution is -2.32. The first-order valence-corrected chi connectivity index (χ1v) is 6.07. The zero-order chi connectivity index (χ0) is 15.1. The molecule has 2 aromatic rings. The van der Waals surface area contributed by atoms with E-state index < -0.39 is 18.9 Å². The van der Waals surface area contributed by atoms with E-state index in [1.54, 1.807) is 60.7 Å². The minimum atomic E-state index is -3.26. The van der Waals surface area contributed by atoms with E-state index in [9.17, 15) is 13.6 Å². The van der Waals surface area contributed by atoms with Crippen LogP contribution in [-0.4, -0.2) is 18.9 Å². The SMILES string of the molecule is O=C(OC(Oc1ccccc1)Oc1ccccc1)C(F)F. The molecule has 0 atom stereocenters. The van der Waals surface area contributed by atoms with E-state index in [1.807, 2.05) is 0 Å². The fraction of sp³-hybridized carbons (Fsp3) is 0.133. The van der Waals surface area contributed by atoms with Gasteiger partial charge >= 0.3 is 18.9 Å². The molecule has 0 aliphatic heterocycles. The van der Waals surface area contributed by atoms with Crippen LogP contribution in [-0.2, 0) is 9.53 Å². The van der Waals surface area contributed by atoms with Gasteiger partial charge in [0.05, 0.1) is 0 Å². The topological polar surface area (TPSA) is 44.8 Å². The van der Waals surface area contributed by atoms with Crippen molar-refractivity contribution < 1.29 is 27.8 Å². The summed E-state index contributed by atoms with van der Waals surface area (Å²) in [7, 11) is 0. The lowest BCUT2D eigenvalue weighted by molar-refractivity contribution is -0.216. The molecule has 0 amide bonds. The van der Waals surface area contributed by atoms with Crippen molar-refractivity contribution in [3.63, 3.8) is 0 Å². The third-order valence-corrected chi connectivity index (χ3v) is 2.34. The third-order valence-electron chi connectivity index (χ3n) is 2.34. The number of rotatable bonds is 6. The van der Waals surface area contributed by atoms with Crippen LogP contribution >= 0.6 is 0 Å². The van der Waals surface area contributed by atoms with Gasteiger partial charge in [-0.2, -0.15) is 8.78 Å². The minimum Gasteiger partial charge on any atom is -0.423 e. The molecule has 21 heavy (non-hydrogen) atoms. The first-order chi connectivity index (χ1) is 10.1. The van der Waals surface area contributed by atoms with Crippen LogP contribution < -0.4 is 9.47 Å². The Hall–Kier alpha value is -2.63. The van der Waals surface area contributed by atoms with E-state index in [1.165, 1.54) is 0 Å². The van der Waals surface area contributed by atoms with Gasteiger partial charge in [-0.3, -0.25) is 0 Å². The third kappa shape index (κ3) is 4.76. The van der Waals surface area contributed by atoms with Crippen molar-refractivity contribution in [1.82, 2.24) is 0 Å². The lowest BCUT2D eigenvalue weighted by Gasteiger charge is -2.19. The highest BCUT2D eigenvalue weighted by atomic mass is 19.3. The molecule has 0 N–H and O–H groups in total. The fourth-order valence-corrected chi connectivity index (χ4v) is 1.44. The molecule has 0 saturated heterocycles. The van der Waals surface area contributed by atoms with Crippen molar-refractivity contribution in [3.05, 3.63) is 60.7 Å². The van der Waals surface area contributed by atoms with Crippen LogP contribution in [0.3, 0.4) is 0 Å². The van der Waals surface area contributed by atoms with Crippen LogP contribution in [0.15, 0.2) is 60.7 Å². The Kier molecular flexibility index (Phi) is 5.09. The molecule has 0 fully saturated rings. The summed E-state index contributed by atoms with van der Waals surface area (Å²) in [6.45, 7) is -1.60. The van der Waals surface area contributed by atoms with Crippen molar-refractivity contribution >= 4 is 5.97 Å². The second kappa shape index (κ2) is 7.23. The highest BCUT2D eigenvalue weighted by molar-refractivity contribution is 5.72. The van der Waals surface area contributed by atoms with E-state index in [-0.39, 0.29) is 0 Å². The van der Waals surface area contributed by atoms with Crippen LogP contribution in [0.4, 0.5) is 8.78 Å². The number of benzene rings is 2. The molecule has 0 spiro atoms. The number of halogens is 2. The van der Waals surface area contributed by atoms with Gasteiger partial charge in [-0.25, -0.2) is 4.79 Å². The van der Waals surface area contributed by atoms with E-state index in [2.05, 4.69) is 4.74 Å². The van der Waals surface area contributed by atoms with Crippen LogP contribution in [0.25, 0.3) is 0 Å². The number of alkyl halides is 2. The van der Waals surface area contributed by atoms with Crippen molar-refractivity contribution in [3.8, 4) is 11.5 Å². The minimum absolute atomic E-state index is 0.320. The van der Waals surface area contributed by atoms with E-state index >= 15 is 0 Å². The molecule has 0 radical (unpaired) electrons. The molecule has 0 aliphatic carbocycles. The molecular formula is C15H12F2O4. The summed E-state index contributed by atoms with van der Waals surface area (Å²) in [6.07, 6.45) is -3.26. The van der Waals surface area contributed by atoms with Gasteiger partial charge in [-0.05, 0) is 24.3 Å². The Bertz CT molecular complexity index is 519. The van der Waals surface area contributed by atoms with Gasteiger partial charge in [-0.1, -0.05) is 36.4 Å². The first-order valence-electron chi connectivity index (χ1n) is 6.07. The Morgan fingerprint density at radius 2 is 1.24 bits per heavy atom. The highest BCUT2D eigenvalue weighted by Crippen LogP contribution is 2.17. The predicted molar refractivity (Wildman–Crippen MR) is 70.0 cm³/mol. The van der Waals surface area contributed by atoms with Gasteiger partial charge < -0.3 is 14.2 Å². The fourth-order valence-electron chi connectivity index (χ4n) is 1.44. The number of hydrogen-bond acceptors (Lipinski definition) is 4. The number of ether oxygens (including phenoxy) is 3. The zero-order valence-corrected chi connectivity index (χ0v) is 10.8. The molecule has 0 saturated carbocycles. The van der Waals surface area contributed by atoms with Crippen molar-refractivity contribution in [2.45, 2.75) is 12.9 Å². The number of hydrogen-bond donors (Lipinski definition) is 0. The average molecular weight is 294 g/mol. The number of esters is 1. The molecule has 6 heteroatoms. The van der Waals surface area contributed by atoms with Gasteiger partial charge in [0.25, 0.3) is 0 Å². The van der Waals surface area contributed by atoms with E-state index in [4.69, 9.17) is 9.47 Å². The highest BCUT2D eigenvalue weighted by Gasteiger charge is 2.25. The molecule has 0 aromatic heterocycles. The van der Waals surface area contributed by atoms with Crippen LogP contribution in [0.1, 0.15) is 0 Å². The van der Waals surface area contributed by atoms with Gasteiger partial charge in [0.15, 0.2) is 0 Å². The maximum absolute atomic E-state index is 12.3. The number of carbonyl (C=O) groups excluding carboxylic acids is 1. The van der Waals surface area contributed by atoms with Gasteiger partial charge in [0.2, 0.25) is 0 Å². The molecule has 0 aliphatic rings. The van der Waals surface area contributed by atoms with Crippen LogP contribution in [0, 0.1) is 0 Å². The molecule has 2 rings (SSSR count). The standard InChI is InChI=1S/C15H12F2O4/c16-13(17)14(18)21-15(19-11-7-3-1-4-8-11)20-12-9-5-2-6-10-12/h1-10,13,15H. The van der Waals surface area contributed by atoms with Gasteiger partial charge in [-0.15, -0.1) is 0 Å². The Morgan fingerprint density at radius 3 is 1.62 bits per heavy atom. The smallest absolute Gasteiger partial charge is 0.408 e. The molecule has 4 nitrogen and oxygen atoms in total. The largest absolute Gasteiger partial charge is 0.423 e. The summed E-state index contributed by atoms with van der Waals surface area (Å²) >= 11 is 0.